The Balaban J connectivity index is 1.35. The molecular formula is C21H28N4O8S. The maximum Gasteiger partial charge on any atom is 0.306 e. The lowest BCUT2D eigenvalue weighted by atomic mass is 10.1. The number of esters is 1. The van der Waals surface area contributed by atoms with Crippen molar-refractivity contribution >= 4 is 39.6 Å². The number of amides is 4. The zero-order valence-corrected chi connectivity index (χ0v) is 19.4. The van der Waals surface area contributed by atoms with Gasteiger partial charge < -0.3 is 20.3 Å². The van der Waals surface area contributed by atoms with Crippen LogP contribution in [0, 0.1) is 5.92 Å². The van der Waals surface area contributed by atoms with Crippen LogP contribution >= 0.6 is 0 Å². The number of hydrogen-bond acceptors (Lipinski definition) is 8. The summed E-state index contributed by atoms with van der Waals surface area (Å²) in [6.07, 6.45) is 3.08. The normalized spacial score (nSPS) is 30.3. The Morgan fingerprint density at radius 2 is 1.88 bits per heavy atom. The summed E-state index contributed by atoms with van der Waals surface area (Å²) >= 11 is 0. The van der Waals surface area contributed by atoms with Crippen LogP contribution < -0.4 is 15.4 Å². The Bertz CT molecular complexity index is 1040. The Labute approximate surface area is 196 Å². The minimum Gasteiger partial charge on any atom is -0.452 e. The first-order chi connectivity index (χ1) is 16.1. The fourth-order valence-corrected chi connectivity index (χ4v) is 5.81. The number of sulfonamides is 1. The van der Waals surface area contributed by atoms with E-state index in [1.807, 2.05) is 0 Å². The van der Waals surface area contributed by atoms with Gasteiger partial charge >= 0.3 is 5.97 Å². The Morgan fingerprint density at radius 1 is 1.15 bits per heavy atom. The molecule has 4 atom stereocenters. The van der Waals surface area contributed by atoms with E-state index in [4.69, 9.17) is 4.74 Å². The molecule has 2 saturated carbocycles. The van der Waals surface area contributed by atoms with Crippen molar-refractivity contribution in [3.05, 3.63) is 12.7 Å². The van der Waals surface area contributed by atoms with Crippen molar-refractivity contribution < 1.29 is 37.1 Å². The zero-order chi connectivity index (χ0) is 24.7. The molecule has 12 nitrogen and oxygen atoms in total. The van der Waals surface area contributed by atoms with Gasteiger partial charge in [-0.1, -0.05) is 6.08 Å². The summed E-state index contributed by atoms with van der Waals surface area (Å²) in [4.78, 5) is 63.2. The smallest absolute Gasteiger partial charge is 0.306 e. The largest absolute Gasteiger partial charge is 0.452 e. The van der Waals surface area contributed by atoms with Crippen LogP contribution in [0.15, 0.2) is 12.7 Å². The predicted molar refractivity (Wildman–Crippen MR) is 116 cm³/mol. The number of hydrogen-bond donors (Lipinski definition) is 3. The molecule has 0 radical (unpaired) electrons. The number of likely N-dealkylation sites (tertiary alicyclic amines) is 1. The third kappa shape index (κ3) is 4.79. The highest BCUT2D eigenvalue weighted by Gasteiger charge is 2.61. The average Bonchev–Trinajstić information content (AvgIpc) is 3.67. The number of nitrogens with zero attached hydrogens (tertiary/aromatic N) is 1. The number of nitrogens with one attached hydrogen (secondary N) is 3. The second-order valence-electron chi connectivity index (χ2n) is 9.16. The van der Waals surface area contributed by atoms with Crippen molar-refractivity contribution in [3.63, 3.8) is 0 Å². The van der Waals surface area contributed by atoms with Gasteiger partial charge in [0.2, 0.25) is 21.8 Å². The summed E-state index contributed by atoms with van der Waals surface area (Å²) in [7, 11) is -3.79. The van der Waals surface area contributed by atoms with E-state index in [9.17, 15) is 32.4 Å². The van der Waals surface area contributed by atoms with Gasteiger partial charge in [0, 0.05) is 25.3 Å². The van der Waals surface area contributed by atoms with E-state index in [1.54, 1.807) is 0 Å². The molecule has 4 rings (SSSR count). The standard InChI is InChI=1S/C21H28N4O8S/c1-2-12-10-21(12,20(30)24-34(31,32)13-5-6-13)23-18(28)14-4-3-9-25(14)16(26)11-22-19(29)15-7-8-17(27)33-15/h2,12-15H,1,3-11H2,(H,22,29)(H,23,28)(H,24,30)/t12-,14+,15+,21-/m1/s1. The molecule has 2 heterocycles. The van der Waals surface area contributed by atoms with Gasteiger partial charge in [0.1, 0.15) is 11.6 Å². The van der Waals surface area contributed by atoms with Crippen molar-refractivity contribution in [1.29, 1.82) is 0 Å². The van der Waals surface area contributed by atoms with Crippen molar-refractivity contribution in [3.8, 4) is 0 Å². The molecule has 34 heavy (non-hydrogen) atoms. The maximum absolute atomic E-state index is 13.1. The summed E-state index contributed by atoms with van der Waals surface area (Å²) < 4.78 is 31.4. The molecule has 186 valence electrons. The molecule has 2 aliphatic carbocycles. The van der Waals surface area contributed by atoms with E-state index in [0.717, 1.165) is 0 Å². The molecule has 0 spiro atoms. The predicted octanol–water partition coefficient (Wildman–Crippen LogP) is -1.53. The van der Waals surface area contributed by atoms with E-state index in [0.29, 0.717) is 32.2 Å². The first kappa shape index (κ1) is 24.2. The summed E-state index contributed by atoms with van der Waals surface area (Å²) in [5, 5.41) is 4.51. The van der Waals surface area contributed by atoms with Gasteiger partial charge in [-0.3, -0.25) is 28.7 Å². The van der Waals surface area contributed by atoms with Gasteiger partial charge in [-0.15, -0.1) is 6.58 Å². The van der Waals surface area contributed by atoms with Crippen LogP contribution in [0.3, 0.4) is 0 Å². The Morgan fingerprint density at radius 3 is 2.47 bits per heavy atom. The van der Waals surface area contributed by atoms with E-state index >= 15 is 0 Å². The molecule has 2 aliphatic heterocycles. The highest BCUT2D eigenvalue weighted by atomic mass is 32.2. The zero-order valence-electron chi connectivity index (χ0n) is 18.6. The number of cyclic esters (lactones) is 1. The Hall–Kier alpha value is -2.96. The second-order valence-corrected chi connectivity index (χ2v) is 11.1. The summed E-state index contributed by atoms with van der Waals surface area (Å²) in [5.41, 5.74) is -1.42. The van der Waals surface area contributed by atoms with Crippen LogP contribution in [0.4, 0.5) is 0 Å². The number of carbonyl (C=O) groups is 5. The molecule has 4 fully saturated rings. The topological polar surface area (TPSA) is 168 Å². The fraction of sp³-hybridized carbons (Fsp3) is 0.667. The summed E-state index contributed by atoms with van der Waals surface area (Å²) in [6, 6.07) is -0.857. The SMILES string of the molecule is C=C[C@@H]1C[C@]1(NC(=O)[C@@H]1CCCN1C(=O)CNC(=O)[C@@H]1CCC(=O)O1)C(=O)NS(=O)(=O)C1CC1. The van der Waals surface area contributed by atoms with Gasteiger partial charge in [-0.2, -0.15) is 0 Å². The summed E-state index contributed by atoms with van der Waals surface area (Å²) in [5.74, 6) is -3.31. The van der Waals surface area contributed by atoms with Gasteiger partial charge in [-0.25, -0.2) is 8.42 Å². The molecule has 0 aromatic carbocycles. The average molecular weight is 497 g/mol. The van der Waals surface area contributed by atoms with Crippen LogP contribution in [0.5, 0.6) is 0 Å². The lowest BCUT2D eigenvalue weighted by Crippen LogP contribution is -2.57. The van der Waals surface area contributed by atoms with E-state index in [2.05, 4.69) is 21.9 Å². The van der Waals surface area contributed by atoms with E-state index in [-0.39, 0.29) is 25.8 Å². The molecule has 0 bridgehead atoms. The minimum atomic E-state index is -3.79. The van der Waals surface area contributed by atoms with Gasteiger partial charge in [0.05, 0.1) is 11.8 Å². The van der Waals surface area contributed by atoms with E-state index < -0.39 is 68.5 Å². The van der Waals surface area contributed by atoms with Gasteiger partial charge in [0.15, 0.2) is 6.10 Å². The molecule has 0 aromatic rings. The lowest BCUT2D eigenvalue weighted by Gasteiger charge is -2.27. The van der Waals surface area contributed by atoms with Crippen LogP contribution in [0.25, 0.3) is 0 Å². The molecule has 4 aliphatic rings. The lowest BCUT2D eigenvalue weighted by molar-refractivity contribution is -0.148. The Kier molecular flexibility index (Phi) is 6.40. The highest BCUT2D eigenvalue weighted by Crippen LogP contribution is 2.45. The van der Waals surface area contributed by atoms with E-state index in [1.165, 1.54) is 11.0 Å². The molecule has 2 saturated heterocycles. The minimum absolute atomic E-state index is 0.142. The van der Waals surface area contributed by atoms with Crippen molar-refractivity contribution in [2.75, 3.05) is 13.1 Å². The van der Waals surface area contributed by atoms with Crippen LogP contribution in [-0.2, 0) is 38.7 Å². The summed E-state index contributed by atoms with van der Waals surface area (Å²) in [6.45, 7) is 3.59. The number of ether oxygens (including phenoxy) is 1. The van der Waals surface area contributed by atoms with Crippen LogP contribution in [0.2, 0.25) is 0 Å². The number of rotatable bonds is 9. The van der Waals surface area contributed by atoms with Gasteiger partial charge in [0.25, 0.3) is 11.8 Å². The van der Waals surface area contributed by atoms with Crippen LogP contribution in [0.1, 0.15) is 44.9 Å². The van der Waals surface area contributed by atoms with Crippen molar-refractivity contribution in [2.45, 2.75) is 67.9 Å². The monoisotopic (exact) mass is 496 g/mol. The highest BCUT2D eigenvalue weighted by molar-refractivity contribution is 7.91. The van der Waals surface area contributed by atoms with Crippen molar-refractivity contribution in [1.82, 2.24) is 20.3 Å². The fourth-order valence-electron chi connectivity index (χ4n) is 4.45. The molecular weight excluding hydrogens is 468 g/mol. The first-order valence-electron chi connectivity index (χ1n) is 11.3. The molecule has 0 aromatic heterocycles. The molecule has 4 amide bonds. The molecule has 0 unspecified atom stereocenters. The quantitative estimate of drug-likeness (QED) is 0.255. The van der Waals surface area contributed by atoms with Crippen LogP contribution in [-0.4, -0.2) is 78.9 Å². The maximum atomic E-state index is 13.1. The third-order valence-corrected chi connectivity index (χ3v) is 8.53. The molecule has 3 N–H and O–H groups in total. The van der Waals surface area contributed by atoms with Crippen molar-refractivity contribution in [2.24, 2.45) is 5.92 Å². The third-order valence-electron chi connectivity index (χ3n) is 6.72. The van der Waals surface area contributed by atoms with Gasteiger partial charge in [-0.05, 0) is 32.1 Å². The number of carbonyl (C=O) groups excluding carboxylic acids is 5. The second kappa shape index (κ2) is 9.01. The molecule has 13 heteroatoms. The first-order valence-corrected chi connectivity index (χ1v) is 12.9.